The van der Waals surface area contributed by atoms with E-state index in [1.807, 2.05) is 50.2 Å². The number of aromatic nitrogens is 2. The van der Waals surface area contributed by atoms with Crippen LogP contribution in [-0.2, 0) is 0 Å². The second kappa shape index (κ2) is 10.2. The van der Waals surface area contributed by atoms with Gasteiger partial charge in [-0.1, -0.05) is 43.7 Å². The molecule has 0 amide bonds. The van der Waals surface area contributed by atoms with Crippen LogP contribution in [-0.4, -0.2) is 22.8 Å². The van der Waals surface area contributed by atoms with E-state index in [-0.39, 0.29) is 11.5 Å². The molecule has 158 valence electrons. The molecular weight excluding hydrogens is 390 g/mol. The van der Waals surface area contributed by atoms with Crippen LogP contribution in [0.2, 0.25) is 0 Å². The summed E-state index contributed by atoms with van der Waals surface area (Å²) < 4.78 is 5.79. The molecule has 7 heteroatoms. The Kier molecular flexibility index (Phi) is 7.17. The summed E-state index contributed by atoms with van der Waals surface area (Å²) in [7, 11) is 0. The molecule has 2 aromatic carbocycles. The van der Waals surface area contributed by atoms with Crippen molar-refractivity contribution in [1.29, 1.82) is 5.26 Å². The fraction of sp³-hybridized carbons (Fsp3) is 0.250. The summed E-state index contributed by atoms with van der Waals surface area (Å²) in [4.78, 5) is 19.3. The predicted molar refractivity (Wildman–Crippen MR) is 123 cm³/mol. The number of ether oxygens (including phenoxy) is 1. The molecule has 0 unspecified atom stereocenters. The number of nitrogens with zero attached hydrogens (tertiary/aromatic N) is 3. The minimum Gasteiger partial charge on any atom is -0.494 e. The Labute approximate surface area is 181 Å². The number of hydrogen-bond donors (Lipinski definition) is 2. The highest BCUT2D eigenvalue weighted by Crippen LogP contribution is 2.22. The Balaban J connectivity index is 1.82. The van der Waals surface area contributed by atoms with Crippen LogP contribution >= 0.6 is 0 Å². The van der Waals surface area contributed by atoms with Gasteiger partial charge < -0.3 is 4.74 Å². The molecule has 1 heterocycles. The van der Waals surface area contributed by atoms with Crippen LogP contribution < -0.4 is 15.7 Å². The average Bonchev–Trinajstić information content (AvgIpc) is 2.76. The smallest absolute Gasteiger partial charge is 0.270 e. The summed E-state index contributed by atoms with van der Waals surface area (Å²) in [6.45, 7) is 6.82. The molecule has 3 aromatic rings. The van der Waals surface area contributed by atoms with E-state index in [4.69, 9.17) is 4.74 Å². The van der Waals surface area contributed by atoms with E-state index in [1.165, 1.54) is 0 Å². The number of nitrogens with one attached hydrogen (secondary N) is 2. The molecule has 0 saturated heterocycles. The van der Waals surface area contributed by atoms with Gasteiger partial charge in [0.05, 0.1) is 18.5 Å². The second-order valence-corrected chi connectivity index (χ2v) is 7.16. The van der Waals surface area contributed by atoms with Crippen molar-refractivity contribution >= 4 is 12.2 Å². The largest absolute Gasteiger partial charge is 0.494 e. The Hall–Kier alpha value is -3.92. The van der Waals surface area contributed by atoms with Gasteiger partial charge >= 0.3 is 0 Å². The van der Waals surface area contributed by atoms with Gasteiger partial charge in [-0.3, -0.25) is 9.78 Å². The molecule has 2 N–H and O–H groups in total. The first-order chi connectivity index (χ1) is 15.0. The van der Waals surface area contributed by atoms with Crippen molar-refractivity contribution in [3.63, 3.8) is 0 Å². The standard InChI is InChI=1S/C24H25N5O2/c1-4-5-11-31-19-12-16(2)21(17(3)13-19)15-26-29-24-27-22(18-9-7-6-8-10-18)20(14-25)23(30)28-24/h6-10,12-13,15H,4-5,11H2,1-3H3,(H2,27,28,29,30). The summed E-state index contributed by atoms with van der Waals surface area (Å²) >= 11 is 0. The van der Waals surface area contributed by atoms with Crippen LogP contribution in [0.15, 0.2) is 52.4 Å². The number of aromatic amines is 1. The van der Waals surface area contributed by atoms with Crippen molar-refractivity contribution in [2.24, 2.45) is 5.10 Å². The number of anilines is 1. The fourth-order valence-corrected chi connectivity index (χ4v) is 3.15. The van der Waals surface area contributed by atoms with E-state index in [9.17, 15) is 10.1 Å². The summed E-state index contributed by atoms with van der Waals surface area (Å²) in [5.74, 6) is 1.01. The van der Waals surface area contributed by atoms with Crippen molar-refractivity contribution in [3.8, 4) is 23.1 Å². The van der Waals surface area contributed by atoms with Crippen molar-refractivity contribution < 1.29 is 4.74 Å². The quantitative estimate of drug-likeness (QED) is 0.319. The average molecular weight is 415 g/mol. The zero-order valence-corrected chi connectivity index (χ0v) is 17.9. The molecule has 0 radical (unpaired) electrons. The minimum atomic E-state index is -0.519. The maximum absolute atomic E-state index is 12.3. The van der Waals surface area contributed by atoms with Crippen LogP contribution in [0.3, 0.4) is 0 Å². The van der Waals surface area contributed by atoms with Crippen LogP contribution in [0.5, 0.6) is 5.75 Å². The highest BCUT2D eigenvalue weighted by molar-refractivity contribution is 5.84. The van der Waals surface area contributed by atoms with Crippen LogP contribution in [0.4, 0.5) is 5.95 Å². The van der Waals surface area contributed by atoms with Gasteiger partial charge in [0.15, 0.2) is 0 Å². The maximum Gasteiger partial charge on any atom is 0.270 e. The van der Waals surface area contributed by atoms with Crippen molar-refractivity contribution in [3.05, 3.63) is 75.1 Å². The molecule has 3 rings (SSSR count). The van der Waals surface area contributed by atoms with Gasteiger partial charge in [-0.2, -0.15) is 10.4 Å². The van der Waals surface area contributed by atoms with Gasteiger partial charge in [0.1, 0.15) is 17.4 Å². The monoisotopic (exact) mass is 415 g/mol. The summed E-state index contributed by atoms with van der Waals surface area (Å²) in [5.41, 5.74) is 6.22. The Morgan fingerprint density at radius 1 is 1.23 bits per heavy atom. The molecule has 7 nitrogen and oxygen atoms in total. The first-order valence-electron chi connectivity index (χ1n) is 10.2. The number of hydrogen-bond acceptors (Lipinski definition) is 6. The topological polar surface area (TPSA) is 103 Å². The summed E-state index contributed by atoms with van der Waals surface area (Å²) in [6, 6.07) is 15.0. The number of rotatable bonds is 8. The lowest BCUT2D eigenvalue weighted by molar-refractivity contribution is 0.309. The Morgan fingerprint density at radius 3 is 2.58 bits per heavy atom. The highest BCUT2D eigenvalue weighted by atomic mass is 16.5. The van der Waals surface area contributed by atoms with Crippen molar-refractivity contribution in [2.75, 3.05) is 12.0 Å². The lowest BCUT2D eigenvalue weighted by Gasteiger charge is -2.11. The lowest BCUT2D eigenvalue weighted by Crippen LogP contribution is -2.16. The third kappa shape index (κ3) is 5.37. The van der Waals surface area contributed by atoms with Gasteiger partial charge in [-0.15, -0.1) is 0 Å². The van der Waals surface area contributed by atoms with Gasteiger partial charge in [-0.05, 0) is 43.5 Å². The minimum absolute atomic E-state index is 0.0360. The molecule has 0 aliphatic rings. The number of H-pyrrole nitrogens is 1. The second-order valence-electron chi connectivity index (χ2n) is 7.16. The summed E-state index contributed by atoms with van der Waals surface area (Å²) in [5, 5.41) is 13.6. The maximum atomic E-state index is 12.3. The van der Waals surface area contributed by atoms with Crippen LogP contribution in [0.1, 0.15) is 42.0 Å². The van der Waals surface area contributed by atoms with E-state index in [1.54, 1.807) is 18.3 Å². The highest BCUT2D eigenvalue weighted by Gasteiger charge is 2.13. The van der Waals surface area contributed by atoms with Crippen molar-refractivity contribution in [2.45, 2.75) is 33.6 Å². The SMILES string of the molecule is CCCCOc1cc(C)c(C=NNc2nc(-c3ccccc3)c(C#N)c(=O)[nH]2)c(C)c1. The number of unbranched alkanes of at least 4 members (excludes halogenated alkanes) is 1. The molecule has 0 saturated carbocycles. The van der Waals surface area contributed by atoms with E-state index in [0.29, 0.717) is 17.9 Å². The van der Waals surface area contributed by atoms with Gasteiger partial charge in [0.2, 0.25) is 5.95 Å². The van der Waals surface area contributed by atoms with Crippen LogP contribution in [0, 0.1) is 25.2 Å². The molecule has 31 heavy (non-hydrogen) atoms. The molecule has 0 aliphatic heterocycles. The lowest BCUT2D eigenvalue weighted by atomic mass is 10.0. The number of aryl methyl sites for hydroxylation is 2. The van der Waals surface area contributed by atoms with Crippen molar-refractivity contribution in [1.82, 2.24) is 9.97 Å². The van der Waals surface area contributed by atoms with E-state index < -0.39 is 5.56 Å². The Bertz CT molecular complexity index is 1150. The number of benzene rings is 2. The Morgan fingerprint density at radius 2 is 1.94 bits per heavy atom. The molecule has 0 aliphatic carbocycles. The van der Waals surface area contributed by atoms with Gasteiger partial charge in [-0.25, -0.2) is 10.4 Å². The first-order valence-corrected chi connectivity index (χ1v) is 10.2. The number of hydrazone groups is 1. The molecule has 0 atom stereocenters. The third-order valence-corrected chi connectivity index (χ3v) is 4.78. The molecule has 1 aromatic heterocycles. The van der Waals surface area contributed by atoms with Gasteiger partial charge in [0, 0.05) is 11.1 Å². The summed E-state index contributed by atoms with van der Waals surface area (Å²) in [6.07, 6.45) is 3.79. The molecule has 0 fully saturated rings. The molecule has 0 bridgehead atoms. The predicted octanol–water partition coefficient (Wildman–Crippen LogP) is 4.55. The van der Waals surface area contributed by atoms with Crippen LogP contribution in [0.25, 0.3) is 11.3 Å². The number of nitriles is 1. The van der Waals surface area contributed by atoms with Gasteiger partial charge in [0.25, 0.3) is 5.56 Å². The first kappa shape index (κ1) is 21.8. The van der Waals surface area contributed by atoms with E-state index in [0.717, 1.165) is 35.3 Å². The zero-order valence-electron chi connectivity index (χ0n) is 17.9. The normalized spacial score (nSPS) is 10.8. The zero-order chi connectivity index (χ0) is 22.2. The third-order valence-electron chi connectivity index (χ3n) is 4.78. The molecule has 0 spiro atoms. The molecular formula is C24H25N5O2. The van der Waals surface area contributed by atoms with E-state index in [2.05, 4.69) is 27.4 Å². The fourth-order valence-electron chi connectivity index (χ4n) is 3.15. The van der Waals surface area contributed by atoms with E-state index >= 15 is 0 Å².